The molecule has 4 rings (SSSR count). The van der Waals surface area contributed by atoms with Gasteiger partial charge in [0.2, 0.25) is 0 Å². The Balaban J connectivity index is 1.63. The number of nitrogens with zero attached hydrogens (tertiary/aromatic N) is 5. The maximum Gasteiger partial charge on any atom is 0.171 e. The molecule has 0 bridgehead atoms. The molecule has 12 heteroatoms. The Kier molecular flexibility index (Phi) is 7.02. The van der Waals surface area contributed by atoms with Crippen molar-refractivity contribution < 1.29 is 23.0 Å². The minimum Gasteiger partial charge on any atom is -0.487 e. The van der Waals surface area contributed by atoms with E-state index in [2.05, 4.69) is 15.3 Å². The fourth-order valence-corrected chi connectivity index (χ4v) is 4.99. The Bertz CT molecular complexity index is 1240. The zero-order valence-electron chi connectivity index (χ0n) is 17.8. The summed E-state index contributed by atoms with van der Waals surface area (Å²) in [5.74, 6) is 1.77. The molecule has 1 fully saturated rings. The first-order valence-corrected chi connectivity index (χ1v) is 12.3. The first-order valence-electron chi connectivity index (χ1n) is 10.5. The Labute approximate surface area is 190 Å². The number of fused-ring (bicyclic) bond motifs is 1. The minimum absolute atomic E-state index is 0.0594. The minimum atomic E-state index is -2.99. The highest BCUT2D eigenvalue weighted by atomic mass is 32.2. The Hall–Kier alpha value is -3.27. The van der Waals surface area contributed by atoms with E-state index in [-0.39, 0.29) is 37.4 Å². The van der Waals surface area contributed by atoms with Gasteiger partial charge in [-0.2, -0.15) is 5.26 Å². The van der Waals surface area contributed by atoms with Gasteiger partial charge >= 0.3 is 0 Å². The molecule has 174 valence electrons. The molecule has 0 aliphatic carbocycles. The van der Waals surface area contributed by atoms with Crippen molar-refractivity contribution in [1.29, 1.82) is 5.26 Å². The number of pyridine rings is 2. The van der Waals surface area contributed by atoms with Gasteiger partial charge in [-0.15, -0.1) is 0 Å². The number of nitriles is 1. The molecule has 0 atom stereocenters. The summed E-state index contributed by atoms with van der Waals surface area (Å²) in [7, 11) is -2.99. The summed E-state index contributed by atoms with van der Waals surface area (Å²) in [6.45, 7) is 0.706. The average Bonchev–Trinajstić information content (AvgIpc) is 3.23. The second kappa shape index (κ2) is 10.1. The normalized spacial score (nSPS) is 15.9. The zero-order valence-corrected chi connectivity index (χ0v) is 18.7. The Morgan fingerprint density at radius 3 is 2.73 bits per heavy atom. The number of imidazole rings is 1. The SMILES string of the molecule is N#Cc1ccc(-n2cnc3cc(OCCOCCO)c(NC4CCS(=O)(=O)CC4)nc32)nc1. The van der Waals surface area contributed by atoms with Gasteiger partial charge in [0.1, 0.15) is 40.2 Å². The number of ether oxygens (including phenoxy) is 2. The van der Waals surface area contributed by atoms with Gasteiger partial charge in [0.15, 0.2) is 17.2 Å². The van der Waals surface area contributed by atoms with Crippen molar-refractivity contribution in [3.8, 4) is 17.6 Å². The van der Waals surface area contributed by atoms with Crippen LogP contribution in [0.25, 0.3) is 17.0 Å². The van der Waals surface area contributed by atoms with Crippen molar-refractivity contribution in [3.05, 3.63) is 36.3 Å². The van der Waals surface area contributed by atoms with E-state index in [4.69, 9.17) is 24.8 Å². The molecule has 0 aromatic carbocycles. The summed E-state index contributed by atoms with van der Waals surface area (Å²) in [5, 5.41) is 21.2. The monoisotopic (exact) mass is 472 g/mol. The van der Waals surface area contributed by atoms with E-state index in [1.54, 1.807) is 29.1 Å². The van der Waals surface area contributed by atoms with Gasteiger partial charge in [0, 0.05) is 18.3 Å². The molecular weight excluding hydrogens is 448 g/mol. The van der Waals surface area contributed by atoms with Crippen LogP contribution >= 0.6 is 0 Å². The van der Waals surface area contributed by atoms with Crippen LogP contribution in [0.4, 0.5) is 5.82 Å². The zero-order chi connectivity index (χ0) is 23.3. The fourth-order valence-electron chi connectivity index (χ4n) is 3.50. The van der Waals surface area contributed by atoms with Crippen molar-refractivity contribution in [2.75, 3.05) is 43.3 Å². The van der Waals surface area contributed by atoms with Crippen LogP contribution in [0.15, 0.2) is 30.7 Å². The third-order valence-corrected chi connectivity index (χ3v) is 6.94. The molecule has 11 nitrogen and oxygen atoms in total. The van der Waals surface area contributed by atoms with Gasteiger partial charge in [0.05, 0.1) is 36.9 Å². The topological polar surface area (TPSA) is 152 Å². The Morgan fingerprint density at radius 2 is 2.03 bits per heavy atom. The Morgan fingerprint density at radius 1 is 1.21 bits per heavy atom. The molecule has 0 unspecified atom stereocenters. The third kappa shape index (κ3) is 5.57. The molecule has 2 N–H and O–H groups in total. The molecule has 0 saturated carbocycles. The maximum absolute atomic E-state index is 11.8. The summed E-state index contributed by atoms with van der Waals surface area (Å²) in [5.41, 5.74) is 1.58. The van der Waals surface area contributed by atoms with Crippen molar-refractivity contribution in [2.24, 2.45) is 0 Å². The van der Waals surface area contributed by atoms with Gasteiger partial charge in [0.25, 0.3) is 0 Å². The molecule has 1 aliphatic rings. The van der Waals surface area contributed by atoms with E-state index in [0.29, 0.717) is 53.6 Å². The van der Waals surface area contributed by atoms with Crippen molar-refractivity contribution >= 4 is 26.8 Å². The summed E-state index contributed by atoms with van der Waals surface area (Å²) in [6, 6.07) is 7.12. The average molecular weight is 473 g/mol. The van der Waals surface area contributed by atoms with Crippen LogP contribution in [-0.4, -0.2) is 77.0 Å². The number of nitrogens with one attached hydrogen (secondary N) is 1. The molecule has 0 amide bonds. The highest BCUT2D eigenvalue weighted by Crippen LogP contribution is 2.30. The largest absolute Gasteiger partial charge is 0.487 e. The lowest BCUT2D eigenvalue weighted by atomic mass is 10.1. The van der Waals surface area contributed by atoms with Crippen LogP contribution in [0.5, 0.6) is 5.75 Å². The number of rotatable bonds is 9. The fraction of sp³-hybridized carbons (Fsp3) is 0.429. The van der Waals surface area contributed by atoms with Crippen LogP contribution in [0.1, 0.15) is 18.4 Å². The first kappa shape index (κ1) is 22.9. The lowest BCUT2D eigenvalue weighted by molar-refractivity contribution is 0.0706. The molecule has 33 heavy (non-hydrogen) atoms. The summed E-state index contributed by atoms with van der Waals surface area (Å²) in [4.78, 5) is 13.4. The number of anilines is 1. The van der Waals surface area contributed by atoms with Gasteiger partial charge in [-0.25, -0.2) is 23.4 Å². The molecule has 4 heterocycles. The van der Waals surface area contributed by atoms with Gasteiger partial charge < -0.3 is 19.9 Å². The molecule has 1 saturated heterocycles. The van der Waals surface area contributed by atoms with Gasteiger partial charge in [-0.05, 0) is 25.0 Å². The second-order valence-electron chi connectivity index (χ2n) is 7.56. The van der Waals surface area contributed by atoms with Crippen LogP contribution in [-0.2, 0) is 14.6 Å². The lowest BCUT2D eigenvalue weighted by Crippen LogP contribution is -2.32. The second-order valence-corrected chi connectivity index (χ2v) is 9.87. The van der Waals surface area contributed by atoms with Crippen LogP contribution in [0.3, 0.4) is 0 Å². The summed E-state index contributed by atoms with van der Waals surface area (Å²) in [6.07, 6.45) is 4.04. The smallest absolute Gasteiger partial charge is 0.171 e. The molecule has 1 aliphatic heterocycles. The molecular formula is C21H24N6O5S. The van der Waals surface area contributed by atoms with Crippen LogP contribution < -0.4 is 10.1 Å². The predicted octanol–water partition coefficient (Wildman–Crippen LogP) is 1.06. The molecule has 0 spiro atoms. The van der Waals surface area contributed by atoms with Crippen molar-refractivity contribution in [3.63, 3.8) is 0 Å². The first-order chi connectivity index (χ1) is 16.0. The summed E-state index contributed by atoms with van der Waals surface area (Å²) < 4.78 is 36.4. The van der Waals surface area contributed by atoms with Gasteiger partial charge in [-0.1, -0.05) is 0 Å². The highest BCUT2D eigenvalue weighted by molar-refractivity contribution is 7.91. The number of hydrogen-bond donors (Lipinski definition) is 2. The van der Waals surface area contributed by atoms with Gasteiger partial charge in [-0.3, -0.25) is 4.57 Å². The quantitative estimate of drug-likeness (QED) is 0.432. The summed E-state index contributed by atoms with van der Waals surface area (Å²) >= 11 is 0. The van der Waals surface area contributed by atoms with E-state index < -0.39 is 9.84 Å². The molecule has 3 aromatic rings. The van der Waals surface area contributed by atoms with Crippen LogP contribution in [0, 0.1) is 11.3 Å². The highest BCUT2D eigenvalue weighted by Gasteiger charge is 2.25. The van der Waals surface area contributed by atoms with E-state index >= 15 is 0 Å². The standard InChI is InChI=1S/C21H24N6O5S/c22-12-15-1-2-19(23-13-15)27-14-24-17-11-18(32-8-7-31-6-5-28)20(26-21(17)27)25-16-3-9-33(29,30)10-4-16/h1-2,11,13-14,16,28H,3-10H2,(H,25,26). The van der Waals surface area contributed by atoms with Crippen molar-refractivity contribution in [2.45, 2.75) is 18.9 Å². The maximum atomic E-state index is 11.8. The number of hydrogen-bond acceptors (Lipinski definition) is 10. The number of aliphatic hydroxyl groups is 1. The third-order valence-electron chi connectivity index (χ3n) is 5.23. The number of aliphatic hydroxyl groups excluding tert-OH is 1. The van der Waals surface area contributed by atoms with E-state index in [1.165, 1.54) is 6.20 Å². The predicted molar refractivity (Wildman–Crippen MR) is 120 cm³/mol. The molecule has 3 aromatic heterocycles. The molecule has 0 radical (unpaired) electrons. The lowest BCUT2D eigenvalue weighted by Gasteiger charge is -2.24. The van der Waals surface area contributed by atoms with Crippen molar-refractivity contribution in [1.82, 2.24) is 19.5 Å². The van der Waals surface area contributed by atoms with E-state index in [0.717, 1.165) is 0 Å². The van der Waals surface area contributed by atoms with E-state index in [1.807, 2.05) is 6.07 Å². The number of sulfone groups is 1. The van der Waals surface area contributed by atoms with E-state index in [9.17, 15) is 8.42 Å². The van der Waals surface area contributed by atoms with Crippen LogP contribution in [0.2, 0.25) is 0 Å². The number of aromatic nitrogens is 4.